The third-order valence-corrected chi connectivity index (χ3v) is 6.42. The predicted octanol–water partition coefficient (Wildman–Crippen LogP) is 6.09. The van der Waals surface area contributed by atoms with E-state index in [0.29, 0.717) is 39.8 Å². The number of nitrogens with zero attached hydrogens (tertiary/aromatic N) is 1. The van der Waals surface area contributed by atoms with Crippen molar-refractivity contribution in [2.24, 2.45) is 0 Å². The second kappa shape index (κ2) is 10.0. The second-order valence-electron chi connectivity index (χ2n) is 7.45. The maximum atomic E-state index is 12.8. The van der Waals surface area contributed by atoms with Crippen molar-refractivity contribution in [2.75, 3.05) is 17.7 Å². The van der Waals surface area contributed by atoms with Crippen LogP contribution < -0.4 is 15.4 Å². The Balaban J connectivity index is 1.43. The maximum absolute atomic E-state index is 12.8. The lowest BCUT2D eigenvalue weighted by Gasteiger charge is -2.10. The van der Waals surface area contributed by atoms with E-state index >= 15 is 0 Å². The number of thiazole rings is 1. The fourth-order valence-corrected chi connectivity index (χ4v) is 4.63. The maximum Gasteiger partial charge on any atom is 0.255 e. The molecule has 1 heterocycles. The Morgan fingerprint density at radius 3 is 2.67 bits per heavy atom. The summed E-state index contributed by atoms with van der Waals surface area (Å²) in [5.74, 6) is 0.374. The highest BCUT2D eigenvalue weighted by atomic mass is 35.5. The van der Waals surface area contributed by atoms with Gasteiger partial charge in [-0.1, -0.05) is 53.3 Å². The number of hydrogen-bond donors (Lipinski definition) is 2. The van der Waals surface area contributed by atoms with Gasteiger partial charge in [-0.2, -0.15) is 0 Å². The average Bonchev–Trinajstić information content (AvgIpc) is 3.21. The first-order valence-electron chi connectivity index (χ1n) is 10.3. The number of fused-ring (bicyclic) bond motifs is 1. The van der Waals surface area contributed by atoms with E-state index in [9.17, 15) is 9.59 Å². The van der Waals surface area contributed by atoms with Gasteiger partial charge in [-0.15, -0.1) is 0 Å². The van der Waals surface area contributed by atoms with E-state index in [-0.39, 0.29) is 11.8 Å². The van der Waals surface area contributed by atoms with Gasteiger partial charge in [0.15, 0.2) is 5.13 Å². The Bertz CT molecular complexity index is 1320. The summed E-state index contributed by atoms with van der Waals surface area (Å²) in [4.78, 5) is 29.7. The molecule has 4 rings (SSSR count). The molecular formula is C25H22ClN3O3S. The Morgan fingerprint density at radius 1 is 1.06 bits per heavy atom. The van der Waals surface area contributed by atoms with Crippen molar-refractivity contribution in [3.8, 4) is 5.75 Å². The number of benzene rings is 3. The lowest BCUT2D eigenvalue weighted by atomic mass is 10.1. The first-order chi connectivity index (χ1) is 15.9. The summed E-state index contributed by atoms with van der Waals surface area (Å²) >= 11 is 7.55. The predicted molar refractivity (Wildman–Crippen MR) is 134 cm³/mol. The second-order valence-corrected chi connectivity index (χ2v) is 8.89. The van der Waals surface area contributed by atoms with E-state index in [1.54, 1.807) is 31.4 Å². The molecule has 168 valence electrons. The molecule has 0 bridgehead atoms. The van der Waals surface area contributed by atoms with Crippen molar-refractivity contribution in [3.63, 3.8) is 0 Å². The summed E-state index contributed by atoms with van der Waals surface area (Å²) < 4.78 is 6.14. The summed E-state index contributed by atoms with van der Waals surface area (Å²) in [6, 6.07) is 18.3. The van der Waals surface area contributed by atoms with Gasteiger partial charge in [-0.25, -0.2) is 4.98 Å². The number of ether oxygens (including phenoxy) is 1. The van der Waals surface area contributed by atoms with Crippen LogP contribution in [0.1, 0.15) is 27.9 Å². The van der Waals surface area contributed by atoms with Crippen LogP contribution in [0.5, 0.6) is 5.75 Å². The monoisotopic (exact) mass is 479 g/mol. The molecule has 4 aromatic rings. The zero-order chi connectivity index (χ0) is 23.4. The van der Waals surface area contributed by atoms with Gasteiger partial charge in [0.1, 0.15) is 5.75 Å². The minimum absolute atomic E-state index is 0.132. The first-order valence-corrected chi connectivity index (χ1v) is 11.5. The molecule has 0 saturated heterocycles. The molecule has 3 aromatic carbocycles. The molecule has 0 atom stereocenters. The number of hydrogen-bond acceptors (Lipinski definition) is 5. The normalized spacial score (nSPS) is 10.8. The molecule has 8 heteroatoms. The third kappa shape index (κ3) is 5.32. The number of aromatic nitrogens is 1. The van der Waals surface area contributed by atoms with Crippen LogP contribution in [0.15, 0.2) is 60.7 Å². The number of anilines is 2. The molecule has 2 N–H and O–H groups in total. The molecule has 0 saturated carbocycles. The fourth-order valence-electron chi connectivity index (χ4n) is 3.43. The molecule has 0 spiro atoms. The summed E-state index contributed by atoms with van der Waals surface area (Å²) in [5.41, 5.74) is 3.65. The quantitative estimate of drug-likeness (QED) is 0.336. The van der Waals surface area contributed by atoms with E-state index in [2.05, 4.69) is 15.6 Å². The minimum atomic E-state index is -0.260. The number of amides is 2. The van der Waals surface area contributed by atoms with Crippen molar-refractivity contribution >= 4 is 55.8 Å². The topological polar surface area (TPSA) is 80.3 Å². The summed E-state index contributed by atoms with van der Waals surface area (Å²) in [7, 11) is 1.62. The van der Waals surface area contributed by atoms with Gasteiger partial charge in [-0.05, 0) is 54.8 Å². The Hall–Kier alpha value is -3.42. The zero-order valence-corrected chi connectivity index (χ0v) is 19.7. The summed E-state index contributed by atoms with van der Waals surface area (Å²) in [5, 5.41) is 6.71. The van der Waals surface area contributed by atoms with Gasteiger partial charge in [0.05, 0.1) is 28.0 Å². The summed E-state index contributed by atoms with van der Waals surface area (Å²) in [6.45, 7) is 1.89. The SMILES string of the molecule is COc1ccccc1CCC(=O)Nc1nc2ccc(C(=O)Nc3c(C)cccc3Cl)cc2s1. The van der Waals surface area contributed by atoms with Gasteiger partial charge < -0.3 is 15.4 Å². The lowest BCUT2D eigenvalue weighted by Crippen LogP contribution is -2.13. The van der Waals surface area contributed by atoms with Crippen LogP contribution in [0.2, 0.25) is 5.02 Å². The van der Waals surface area contributed by atoms with Crippen LogP contribution in [0.4, 0.5) is 10.8 Å². The highest BCUT2D eigenvalue weighted by Crippen LogP contribution is 2.29. The first kappa shape index (κ1) is 22.8. The largest absolute Gasteiger partial charge is 0.496 e. The fraction of sp³-hybridized carbons (Fsp3) is 0.160. The number of para-hydroxylation sites is 2. The number of aryl methyl sites for hydroxylation is 2. The number of nitrogens with one attached hydrogen (secondary N) is 2. The zero-order valence-electron chi connectivity index (χ0n) is 18.1. The summed E-state index contributed by atoms with van der Waals surface area (Å²) in [6.07, 6.45) is 0.869. The molecule has 0 fully saturated rings. The smallest absolute Gasteiger partial charge is 0.255 e. The van der Waals surface area contributed by atoms with Crippen LogP contribution >= 0.6 is 22.9 Å². The van der Waals surface area contributed by atoms with Crippen molar-refractivity contribution < 1.29 is 14.3 Å². The minimum Gasteiger partial charge on any atom is -0.496 e. The lowest BCUT2D eigenvalue weighted by molar-refractivity contribution is -0.116. The third-order valence-electron chi connectivity index (χ3n) is 5.17. The van der Waals surface area contributed by atoms with Gasteiger partial charge >= 0.3 is 0 Å². The van der Waals surface area contributed by atoms with Crippen LogP contribution in [-0.2, 0) is 11.2 Å². The molecule has 0 aliphatic rings. The van der Waals surface area contributed by atoms with Crippen molar-refractivity contribution in [3.05, 3.63) is 82.4 Å². The average molecular weight is 480 g/mol. The molecule has 0 aliphatic carbocycles. The van der Waals surface area contributed by atoms with Crippen molar-refractivity contribution in [1.82, 2.24) is 4.98 Å². The standard InChI is InChI=1S/C25H22ClN3O3S/c1-15-6-5-8-18(26)23(15)29-24(31)17-10-12-19-21(14-17)33-25(27-19)28-22(30)13-11-16-7-3-4-9-20(16)32-2/h3-10,12,14H,11,13H2,1-2H3,(H,29,31)(H,27,28,30). The van der Waals surface area contributed by atoms with E-state index in [1.807, 2.05) is 43.3 Å². The Morgan fingerprint density at radius 2 is 1.88 bits per heavy atom. The Kier molecular flexibility index (Phi) is 6.91. The van der Waals surface area contributed by atoms with Gasteiger partial charge in [0.25, 0.3) is 5.91 Å². The molecule has 0 aliphatic heterocycles. The number of rotatable bonds is 7. The van der Waals surface area contributed by atoms with Crippen molar-refractivity contribution in [1.29, 1.82) is 0 Å². The van der Waals surface area contributed by atoms with Gasteiger partial charge in [0.2, 0.25) is 5.91 Å². The molecular weight excluding hydrogens is 458 g/mol. The number of methoxy groups -OCH3 is 1. The number of carbonyl (C=O) groups excluding carboxylic acids is 2. The molecule has 1 aromatic heterocycles. The molecule has 0 unspecified atom stereocenters. The number of carbonyl (C=O) groups is 2. The molecule has 6 nitrogen and oxygen atoms in total. The van der Waals surface area contributed by atoms with Crippen LogP contribution in [0.3, 0.4) is 0 Å². The highest BCUT2D eigenvalue weighted by molar-refractivity contribution is 7.22. The van der Waals surface area contributed by atoms with Crippen LogP contribution in [0, 0.1) is 6.92 Å². The van der Waals surface area contributed by atoms with Crippen LogP contribution in [0.25, 0.3) is 10.2 Å². The Labute approximate surface area is 200 Å². The van der Waals surface area contributed by atoms with Crippen molar-refractivity contribution in [2.45, 2.75) is 19.8 Å². The van der Waals surface area contributed by atoms with E-state index in [1.165, 1.54) is 11.3 Å². The molecule has 2 amide bonds. The van der Waals surface area contributed by atoms with Gasteiger partial charge in [-0.3, -0.25) is 9.59 Å². The number of halogens is 1. The van der Waals surface area contributed by atoms with E-state index in [0.717, 1.165) is 21.6 Å². The van der Waals surface area contributed by atoms with E-state index < -0.39 is 0 Å². The van der Waals surface area contributed by atoms with E-state index in [4.69, 9.17) is 16.3 Å². The van der Waals surface area contributed by atoms with Crippen LogP contribution in [-0.4, -0.2) is 23.9 Å². The van der Waals surface area contributed by atoms with Gasteiger partial charge in [0, 0.05) is 12.0 Å². The molecule has 33 heavy (non-hydrogen) atoms. The molecule has 0 radical (unpaired) electrons. The highest BCUT2D eigenvalue weighted by Gasteiger charge is 2.14.